The van der Waals surface area contributed by atoms with E-state index in [0.717, 1.165) is 17.2 Å². The van der Waals surface area contributed by atoms with Crippen LogP contribution in [0.3, 0.4) is 0 Å². The lowest BCUT2D eigenvalue weighted by Gasteiger charge is -2.35. The molecule has 29 heavy (non-hydrogen) atoms. The Balaban J connectivity index is 1.35. The molecule has 0 bridgehead atoms. The molecule has 4 rings (SSSR count). The fourth-order valence-electron chi connectivity index (χ4n) is 3.26. The molecule has 0 spiro atoms. The Morgan fingerprint density at radius 2 is 1.76 bits per heavy atom. The summed E-state index contributed by atoms with van der Waals surface area (Å²) in [6.07, 6.45) is 3.59. The topological polar surface area (TPSA) is 74.2 Å². The van der Waals surface area contributed by atoms with Gasteiger partial charge in [-0.2, -0.15) is 0 Å². The number of benzene rings is 1. The first-order chi connectivity index (χ1) is 14.2. The van der Waals surface area contributed by atoms with E-state index in [1.165, 1.54) is 6.33 Å². The number of carbonyl (C=O) groups excluding carboxylic acids is 1. The van der Waals surface area contributed by atoms with Crippen molar-refractivity contribution in [2.75, 3.05) is 36.4 Å². The van der Waals surface area contributed by atoms with E-state index < -0.39 is 0 Å². The van der Waals surface area contributed by atoms with E-state index in [9.17, 15) is 4.79 Å². The van der Waals surface area contributed by atoms with Crippen LogP contribution in [0.5, 0.6) is 0 Å². The predicted octanol–water partition coefficient (Wildman–Crippen LogP) is 3.16. The number of aromatic nitrogens is 3. The Bertz CT molecular complexity index is 976. The van der Waals surface area contributed by atoms with Crippen molar-refractivity contribution in [3.63, 3.8) is 0 Å². The fourth-order valence-corrected chi connectivity index (χ4v) is 3.46. The summed E-state index contributed by atoms with van der Waals surface area (Å²) < 4.78 is 0. The number of nitrogens with zero attached hydrogens (tertiary/aromatic N) is 5. The molecule has 8 heteroatoms. The maximum Gasteiger partial charge on any atom is 0.227 e. The van der Waals surface area contributed by atoms with Crippen molar-refractivity contribution in [3.8, 4) is 0 Å². The average Bonchev–Trinajstić information content (AvgIpc) is 2.76. The van der Waals surface area contributed by atoms with Crippen molar-refractivity contribution in [1.82, 2.24) is 19.9 Å². The van der Waals surface area contributed by atoms with E-state index in [2.05, 4.69) is 25.2 Å². The molecule has 1 fully saturated rings. The van der Waals surface area contributed by atoms with Gasteiger partial charge in [-0.15, -0.1) is 0 Å². The zero-order valence-electron chi connectivity index (χ0n) is 15.8. The third-order valence-corrected chi connectivity index (χ3v) is 5.20. The number of rotatable bonds is 5. The van der Waals surface area contributed by atoms with Crippen molar-refractivity contribution in [2.24, 2.45) is 0 Å². The van der Waals surface area contributed by atoms with E-state index >= 15 is 0 Å². The Hall–Kier alpha value is -3.19. The van der Waals surface area contributed by atoms with Gasteiger partial charge in [0.15, 0.2) is 0 Å². The SMILES string of the molecule is O=C(Cc1ccccc1Cl)N1CCN(c2cc(Nc3ccccn3)ncn2)CC1. The zero-order chi connectivity index (χ0) is 20.1. The maximum atomic E-state index is 12.6. The molecule has 1 saturated heterocycles. The molecule has 0 atom stereocenters. The Labute approximate surface area is 174 Å². The largest absolute Gasteiger partial charge is 0.353 e. The zero-order valence-corrected chi connectivity index (χ0v) is 16.6. The van der Waals surface area contributed by atoms with Crippen LogP contribution < -0.4 is 10.2 Å². The first-order valence-electron chi connectivity index (χ1n) is 9.45. The van der Waals surface area contributed by atoms with Crippen molar-refractivity contribution in [1.29, 1.82) is 0 Å². The Kier molecular flexibility index (Phi) is 5.86. The van der Waals surface area contributed by atoms with Gasteiger partial charge in [-0.05, 0) is 23.8 Å². The van der Waals surface area contributed by atoms with Crippen molar-refractivity contribution in [3.05, 3.63) is 71.6 Å². The number of anilines is 3. The molecule has 148 valence electrons. The summed E-state index contributed by atoms with van der Waals surface area (Å²) in [4.78, 5) is 29.6. The summed E-state index contributed by atoms with van der Waals surface area (Å²) in [7, 11) is 0. The van der Waals surface area contributed by atoms with Crippen LogP contribution in [0.1, 0.15) is 5.56 Å². The van der Waals surface area contributed by atoms with Crippen LogP contribution in [-0.4, -0.2) is 51.9 Å². The van der Waals surface area contributed by atoms with Crippen LogP contribution in [0.2, 0.25) is 5.02 Å². The minimum atomic E-state index is 0.0953. The molecule has 0 radical (unpaired) electrons. The van der Waals surface area contributed by atoms with Crippen LogP contribution in [0, 0.1) is 0 Å². The van der Waals surface area contributed by atoms with E-state index in [-0.39, 0.29) is 5.91 Å². The highest BCUT2D eigenvalue weighted by Crippen LogP contribution is 2.20. The van der Waals surface area contributed by atoms with Gasteiger partial charge in [-0.25, -0.2) is 15.0 Å². The molecule has 1 N–H and O–H groups in total. The third kappa shape index (κ3) is 4.81. The molecular weight excluding hydrogens is 388 g/mol. The van der Waals surface area contributed by atoms with E-state index in [1.807, 2.05) is 53.4 Å². The molecule has 1 aliphatic rings. The quantitative estimate of drug-likeness (QED) is 0.699. The van der Waals surface area contributed by atoms with Gasteiger partial charge >= 0.3 is 0 Å². The van der Waals surface area contributed by atoms with Crippen molar-refractivity contribution in [2.45, 2.75) is 6.42 Å². The highest BCUT2D eigenvalue weighted by atomic mass is 35.5. The second kappa shape index (κ2) is 8.87. The smallest absolute Gasteiger partial charge is 0.227 e. The third-order valence-electron chi connectivity index (χ3n) is 4.83. The molecule has 0 saturated carbocycles. The van der Waals surface area contributed by atoms with Crippen LogP contribution in [0.15, 0.2) is 61.1 Å². The lowest BCUT2D eigenvalue weighted by Crippen LogP contribution is -2.49. The minimum absolute atomic E-state index is 0.0953. The first kappa shape index (κ1) is 19.1. The molecule has 0 unspecified atom stereocenters. The number of nitrogens with one attached hydrogen (secondary N) is 1. The summed E-state index contributed by atoms with van der Waals surface area (Å²) in [5.74, 6) is 2.34. The molecule has 3 heterocycles. The number of hydrogen-bond donors (Lipinski definition) is 1. The molecule has 7 nitrogen and oxygen atoms in total. The molecule has 1 amide bonds. The number of piperazine rings is 1. The van der Waals surface area contributed by atoms with Gasteiger partial charge in [0.25, 0.3) is 0 Å². The number of halogens is 1. The van der Waals surface area contributed by atoms with E-state index in [0.29, 0.717) is 43.4 Å². The molecule has 1 aromatic carbocycles. The van der Waals surface area contributed by atoms with Crippen LogP contribution in [0.25, 0.3) is 0 Å². The highest BCUT2D eigenvalue weighted by molar-refractivity contribution is 6.31. The lowest BCUT2D eigenvalue weighted by atomic mass is 10.1. The van der Waals surface area contributed by atoms with Gasteiger partial charge in [0.05, 0.1) is 6.42 Å². The van der Waals surface area contributed by atoms with Gasteiger partial charge < -0.3 is 15.1 Å². The summed E-state index contributed by atoms with van der Waals surface area (Å²) in [6.45, 7) is 2.73. The standard InChI is InChI=1S/C21H21ClN6O/c22-17-6-2-1-5-16(17)13-21(29)28-11-9-27(10-12-28)20-14-19(24-15-25-20)26-18-7-3-4-8-23-18/h1-8,14-15H,9-13H2,(H,23,24,25,26). The summed E-state index contributed by atoms with van der Waals surface area (Å²) in [6, 6.07) is 15.0. The molecule has 3 aromatic rings. The number of hydrogen-bond acceptors (Lipinski definition) is 6. The normalized spacial score (nSPS) is 14.0. The lowest BCUT2D eigenvalue weighted by molar-refractivity contribution is -0.130. The van der Waals surface area contributed by atoms with Gasteiger partial charge in [-0.1, -0.05) is 35.9 Å². The Morgan fingerprint density at radius 3 is 2.52 bits per heavy atom. The second-order valence-electron chi connectivity index (χ2n) is 6.74. The second-order valence-corrected chi connectivity index (χ2v) is 7.14. The van der Waals surface area contributed by atoms with Gasteiger partial charge in [0, 0.05) is 43.5 Å². The average molecular weight is 409 g/mol. The fraction of sp³-hybridized carbons (Fsp3) is 0.238. The van der Waals surface area contributed by atoms with Crippen LogP contribution in [0.4, 0.5) is 17.5 Å². The maximum absolute atomic E-state index is 12.6. The summed E-state index contributed by atoms with van der Waals surface area (Å²) in [5.41, 5.74) is 0.864. The number of amides is 1. The monoisotopic (exact) mass is 408 g/mol. The van der Waals surface area contributed by atoms with Crippen LogP contribution in [-0.2, 0) is 11.2 Å². The molecule has 1 aliphatic heterocycles. The predicted molar refractivity (Wildman–Crippen MR) is 114 cm³/mol. The summed E-state index contributed by atoms with van der Waals surface area (Å²) in [5, 5.41) is 3.81. The first-order valence-corrected chi connectivity index (χ1v) is 9.83. The summed E-state index contributed by atoms with van der Waals surface area (Å²) >= 11 is 6.18. The molecule has 0 aliphatic carbocycles. The van der Waals surface area contributed by atoms with Gasteiger partial charge in [0.1, 0.15) is 23.8 Å². The minimum Gasteiger partial charge on any atom is -0.353 e. The molecular formula is C21H21ClN6O. The Morgan fingerprint density at radius 1 is 0.966 bits per heavy atom. The van der Waals surface area contributed by atoms with Gasteiger partial charge in [0.2, 0.25) is 5.91 Å². The number of pyridine rings is 1. The number of carbonyl (C=O) groups is 1. The van der Waals surface area contributed by atoms with Crippen molar-refractivity contribution < 1.29 is 4.79 Å². The van der Waals surface area contributed by atoms with E-state index in [1.54, 1.807) is 6.20 Å². The molecule has 2 aromatic heterocycles. The van der Waals surface area contributed by atoms with Crippen molar-refractivity contribution >= 4 is 35.0 Å². The highest BCUT2D eigenvalue weighted by Gasteiger charge is 2.22. The van der Waals surface area contributed by atoms with E-state index in [4.69, 9.17) is 11.6 Å². The van der Waals surface area contributed by atoms with Crippen LogP contribution >= 0.6 is 11.6 Å². The van der Waals surface area contributed by atoms with Gasteiger partial charge in [-0.3, -0.25) is 4.79 Å².